The van der Waals surface area contributed by atoms with E-state index in [1.54, 1.807) is 18.2 Å². The fraction of sp³-hybridized carbons (Fsp3) is 0.211. The number of allylic oxidation sites excluding steroid dienone is 1. The maximum atomic E-state index is 12.9. The minimum Gasteiger partial charge on any atom is -0.494 e. The van der Waals surface area contributed by atoms with Crippen molar-refractivity contribution in [3.05, 3.63) is 72.6 Å². The molecule has 1 N–H and O–H groups in total. The number of para-hydroxylation sites is 2. The summed E-state index contributed by atoms with van der Waals surface area (Å²) in [5.41, 5.74) is 2.52. The van der Waals surface area contributed by atoms with Gasteiger partial charge in [0.25, 0.3) is 0 Å². The van der Waals surface area contributed by atoms with Crippen LogP contribution < -0.4 is 10.4 Å². The van der Waals surface area contributed by atoms with Crippen molar-refractivity contribution in [1.29, 1.82) is 5.41 Å². The first-order valence-electron chi connectivity index (χ1n) is 7.92. The number of ether oxygens (including phenoxy) is 1. The summed E-state index contributed by atoms with van der Waals surface area (Å²) in [4.78, 5) is 0. The molecular weight excluding hydrogens is 385 g/mol. The van der Waals surface area contributed by atoms with Crippen LogP contribution in [0.5, 0.6) is 5.75 Å². The highest BCUT2D eigenvalue weighted by molar-refractivity contribution is 8.93. The average molecular weight is 406 g/mol. The Morgan fingerprint density at radius 2 is 1.68 bits per heavy atom. The molecule has 0 saturated carbocycles. The van der Waals surface area contributed by atoms with Crippen LogP contribution in [0.25, 0.3) is 11.0 Å². The van der Waals surface area contributed by atoms with E-state index in [-0.39, 0.29) is 22.8 Å². The number of hydrogen-bond donors (Lipinski definition) is 1. The van der Waals surface area contributed by atoms with Crippen LogP contribution in [-0.2, 0) is 13.1 Å². The van der Waals surface area contributed by atoms with Crippen molar-refractivity contribution in [1.82, 2.24) is 9.13 Å². The first-order chi connectivity index (χ1) is 11.7. The van der Waals surface area contributed by atoms with Gasteiger partial charge < -0.3 is 13.9 Å². The Balaban J connectivity index is 0.00000225. The Morgan fingerprint density at radius 3 is 2.32 bits per heavy atom. The lowest BCUT2D eigenvalue weighted by atomic mass is 10.3. The number of fused-ring (bicyclic) bond motifs is 1. The van der Waals surface area contributed by atoms with Crippen LogP contribution >= 0.6 is 17.0 Å². The van der Waals surface area contributed by atoms with Crippen LogP contribution in [0.2, 0.25) is 0 Å². The summed E-state index contributed by atoms with van der Waals surface area (Å²) in [7, 11) is 0. The van der Waals surface area contributed by atoms with Gasteiger partial charge in [0.2, 0.25) is 5.62 Å². The molecule has 3 aromatic rings. The first-order valence-corrected chi connectivity index (χ1v) is 7.92. The Hall–Kier alpha value is -2.34. The number of aromatic nitrogens is 2. The molecule has 0 saturated heterocycles. The van der Waals surface area contributed by atoms with Gasteiger partial charge in [0.1, 0.15) is 11.6 Å². The smallest absolute Gasteiger partial charge is 0.203 e. The van der Waals surface area contributed by atoms with E-state index in [9.17, 15) is 4.39 Å². The number of nitrogens with one attached hydrogen (secondary N) is 1. The number of benzene rings is 2. The molecule has 1 aromatic heterocycles. The fourth-order valence-electron chi connectivity index (χ4n) is 2.78. The van der Waals surface area contributed by atoms with Crippen molar-refractivity contribution >= 4 is 28.0 Å². The van der Waals surface area contributed by atoms with E-state index in [1.807, 2.05) is 33.4 Å². The third-order valence-corrected chi connectivity index (χ3v) is 3.89. The lowest BCUT2D eigenvalue weighted by Crippen LogP contribution is -2.25. The van der Waals surface area contributed by atoms with Gasteiger partial charge in [-0.25, -0.2) is 4.39 Å². The number of hydrogen-bond acceptors (Lipinski definition) is 2. The van der Waals surface area contributed by atoms with E-state index >= 15 is 0 Å². The average Bonchev–Trinajstić information content (AvgIpc) is 2.86. The van der Waals surface area contributed by atoms with E-state index in [0.717, 1.165) is 17.5 Å². The highest BCUT2D eigenvalue weighted by Crippen LogP contribution is 2.14. The zero-order chi connectivity index (χ0) is 16.9. The van der Waals surface area contributed by atoms with Crippen molar-refractivity contribution in [3.8, 4) is 5.75 Å². The van der Waals surface area contributed by atoms with Gasteiger partial charge >= 0.3 is 0 Å². The molecule has 0 radical (unpaired) electrons. The molecule has 0 unspecified atom stereocenters. The molecule has 3 rings (SSSR count). The maximum Gasteiger partial charge on any atom is 0.203 e. The SMILES string of the molecule is Br.C=CCn1c(=N)n(CCCOc2ccc(F)cc2)c2ccccc21. The number of imidazole rings is 1. The number of rotatable bonds is 7. The molecule has 0 aliphatic heterocycles. The van der Waals surface area contributed by atoms with Gasteiger partial charge in [0.15, 0.2) is 0 Å². The van der Waals surface area contributed by atoms with Gasteiger partial charge in [-0.15, -0.1) is 23.6 Å². The van der Waals surface area contributed by atoms with Crippen LogP contribution in [0, 0.1) is 11.2 Å². The second kappa shape index (κ2) is 8.67. The molecule has 0 bridgehead atoms. The number of aryl methyl sites for hydroxylation is 1. The standard InChI is InChI=1S/C19H20FN3O.BrH/c1-2-12-22-17-6-3-4-7-18(17)23(19(22)21)13-5-14-24-16-10-8-15(20)9-11-16;/h2-4,6-11,21H,1,5,12-14H2;1H. The third kappa shape index (κ3) is 4.20. The lowest BCUT2D eigenvalue weighted by molar-refractivity contribution is 0.300. The van der Waals surface area contributed by atoms with E-state index in [0.29, 0.717) is 31.1 Å². The van der Waals surface area contributed by atoms with Crippen molar-refractivity contribution in [2.45, 2.75) is 19.5 Å². The van der Waals surface area contributed by atoms with Crippen molar-refractivity contribution in [2.75, 3.05) is 6.61 Å². The molecule has 0 aliphatic carbocycles. The largest absolute Gasteiger partial charge is 0.494 e. The summed E-state index contributed by atoms with van der Waals surface area (Å²) < 4.78 is 22.4. The molecule has 0 aliphatic rings. The molecule has 4 nitrogen and oxygen atoms in total. The van der Waals surface area contributed by atoms with E-state index in [1.165, 1.54) is 12.1 Å². The summed E-state index contributed by atoms with van der Waals surface area (Å²) >= 11 is 0. The molecule has 0 atom stereocenters. The van der Waals surface area contributed by atoms with E-state index < -0.39 is 0 Å². The van der Waals surface area contributed by atoms with Crippen LogP contribution in [0.1, 0.15) is 6.42 Å². The lowest BCUT2D eigenvalue weighted by Gasteiger charge is -2.07. The quantitative estimate of drug-likeness (QED) is 0.462. The predicted molar refractivity (Wildman–Crippen MR) is 103 cm³/mol. The Bertz CT molecular complexity index is 899. The van der Waals surface area contributed by atoms with Crippen molar-refractivity contribution in [2.24, 2.45) is 0 Å². The fourth-order valence-corrected chi connectivity index (χ4v) is 2.78. The topological polar surface area (TPSA) is 42.9 Å². The van der Waals surface area contributed by atoms with E-state index in [4.69, 9.17) is 10.1 Å². The summed E-state index contributed by atoms with van der Waals surface area (Å²) in [5.74, 6) is 0.383. The van der Waals surface area contributed by atoms with Gasteiger partial charge in [-0.3, -0.25) is 5.41 Å². The number of nitrogens with zero attached hydrogens (tertiary/aromatic N) is 2. The van der Waals surface area contributed by atoms with E-state index in [2.05, 4.69) is 6.58 Å². The molecule has 0 amide bonds. The monoisotopic (exact) mass is 405 g/mol. The van der Waals surface area contributed by atoms with Gasteiger partial charge in [-0.1, -0.05) is 18.2 Å². The molecule has 0 spiro atoms. The van der Waals surface area contributed by atoms with Crippen LogP contribution in [0.4, 0.5) is 4.39 Å². The van der Waals surface area contributed by atoms with Crippen LogP contribution in [0.3, 0.4) is 0 Å². The molecule has 1 heterocycles. The molecule has 0 fully saturated rings. The Kier molecular flexibility index (Phi) is 6.58. The van der Waals surface area contributed by atoms with Gasteiger partial charge in [0.05, 0.1) is 17.6 Å². The summed E-state index contributed by atoms with van der Waals surface area (Å²) in [5, 5.41) is 8.40. The normalized spacial score (nSPS) is 10.4. The second-order valence-electron chi connectivity index (χ2n) is 5.52. The predicted octanol–water partition coefficient (Wildman–Crippen LogP) is 4.29. The molecule has 25 heavy (non-hydrogen) atoms. The first kappa shape index (κ1) is 19.0. The maximum absolute atomic E-state index is 12.9. The summed E-state index contributed by atoms with van der Waals surface area (Å²) in [6.45, 7) is 5.58. The van der Waals surface area contributed by atoms with Gasteiger partial charge in [-0.2, -0.15) is 0 Å². The number of halogens is 2. The van der Waals surface area contributed by atoms with Gasteiger partial charge in [0, 0.05) is 13.1 Å². The minimum absolute atomic E-state index is 0. The third-order valence-electron chi connectivity index (χ3n) is 3.89. The van der Waals surface area contributed by atoms with Crippen LogP contribution in [0.15, 0.2) is 61.2 Å². The Labute approximate surface area is 156 Å². The minimum atomic E-state index is -0.271. The molecular formula is C19H21BrFN3O. The summed E-state index contributed by atoms with van der Waals surface area (Å²) in [6.07, 6.45) is 2.56. The Morgan fingerprint density at radius 1 is 1.04 bits per heavy atom. The second-order valence-corrected chi connectivity index (χ2v) is 5.52. The zero-order valence-corrected chi connectivity index (χ0v) is 15.5. The highest BCUT2D eigenvalue weighted by Gasteiger charge is 2.09. The zero-order valence-electron chi connectivity index (χ0n) is 13.8. The van der Waals surface area contributed by atoms with Gasteiger partial charge in [-0.05, 0) is 42.8 Å². The van der Waals surface area contributed by atoms with Crippen LogP contribution in [-0.4, -0.2) is 15.7 Å². The highest BCUT2D eigenvalue weighted by atomic mass is 79.9. The molecule has 6 heteroatoms. The molecule has 2 aromatic carbocycles. The van der Waals surface area contributed by atoms with Crippen molar-refractivity contribution < 1.29 is 9.13 Å². The summed E-state index contributed by atoms with van der Waals surface area (Å²) in [6, 6.07) is 14.0. The molecule has 132 valence electrons. The van der Waals surface area contributed by atoms with Crippen molar-refractivity contribution in [3.63, 3.8) is 0 Å².